The van der Waals surface area contributed by atoms with Crippen molar-refractivity contribution in [3.05, 3.63) is 0 Å². The van der Waals surface area contributed by atoms with Crippen LogP contribution in [0.4, 0.5) is 0 Å². The predicted molar refractivity (Wildman–Crippen MR) is 75.1 cm³/mol. The first kappa shape index (κ1) is 14.8. The van der Waals surface area contributed by atoms with E-state index in [1.54, 1.807) is 0 Å². The van der Waals surface area contributed by atoms with Crippen molar-refractivity contribution in [2.24, 2.45) is 0 Å². The first-order chi connectivity index (χ1) is 9.33. The van der Waals surface area contributed by atoms with Gasteiger partial charge in [-0.25, -0.2) is 0 Å². The molecule has 0 aromatic carbocycles. The number of carbonyl (C=O) groups is 1. The average molecular weight is 269 g/mol. The fourth-order valence-corrected chi connectivity index (χ4v) is 2.98. The Balaban J connectivity index is 1.95. The third-order valence-electron chi connectivity index (χ3n) is 4.04. The van der Waals surface area contributed by atoms with Gasteiger partial charge < -0.3 is 15.4 Å². The zero-order valence-corrected chi connectivity index (χ0v) is 12.0. The van der Waals surface area contributed by atoms with Crippen LogP contribution in [0.3, 0.4) is 0 Å². The SMILES string of the molecule is CCCNC(=O)C1COCCN1C1CCCNCC1. The lowest BCUT2D eigenvalue weighted by molar-refractivity contribution is -0.134. The second-order valence-electron chi connectivity index (χ2n) is 5.45. The molecule has 19 heavy (non-hydrogen) atoms. The minimum atomic E-state index is -0.0941. The molecule has 2 fully saturated rings. The smallest absolute Gasteiger partial charge is 0.239 e. The summed E-state index contributed by atoms with van der Waals surface area (Å²) in [5.41, 5.74) is 0. The van der Waals surface area contributed by atoms with Gasteiger partial charge in [0.05, 0.1) is 13.2 Å². The van der Waals surface area contributed by atoms with E-state index in [9.17, 15) is 4.79 Å². The fourth-order valence-electron chi connectivity index (χ4n) is 2.98. The summed E-state index contributed by atoms with van der Waals surface area (Å²) in [7, 11) is 0. The zero-order chi connectivity index (χ0) is 13.5. The molecule has 2 aliphatic heterocycles. The maximum Gasteiger partial charge on any atom is 0.239 e. The summed E-state index contributed by atoms with van der Waals surface area (Å²) >= 11 is 0. The molecular formula is C14H27N3O2. The van der Waals surface area contributed by atoms with Gasteiger partial charge in [-0.15, -0.1) is 0 Å². The van der Waals surface area contributed by atoms with E-state index in [4.69, 9.17) is 4.74 Å². The lowest BCUT2D eigenvalue weighted by Gasteiger charge is -2.39. The first-order valence-electron chi connectivity index (χ1n) is 7.65. The van der Waals surface area contributed by atoms with E-state index in [2.05, 4.69) is 22.5 Å². The normalized spacial score (nSPS) is 29.7. The molecule has 110 valence electrons. The van der Waals surface area contributed by atoms with Gasteiger partial charge in [0.15, 0.2) is 0 Å². The number of ether oxygens (including phenoxy) is 1. The van der Waals surface area contributed by atoms with Crippen LogP contribution in [0.1, 0.15) is 32.6 Å². The summed E-state index contributed by atoms with van der Waals surface area (Å²) < 4.78 is 5.52. The van der Waals surface area contributed by atoms with Crippen molar-refractivity contribution >= 4 is 5.91 Å². The highest BCUT2D eigenvalue weighted by atomic mass is 16.5. The van der Waals surface area contributed by atoms with E-state index in [0.717, 1.165) is 45.6 Å². The van der Waals surface area contributed by atoms with Crippen molar-refractivity contribution in [2.75, 3.05) is 39.4 Å². The van der Waals surface area contributed by atoms with Gasteiger partial charge in [-0.3, -0.25) is 9.69 Å². The number of nitrogens with zero attached hydrogens (tertiary/aromatic N) is 1. The van der Waals surface area contributed by atoms with Crippen molar-refractivity contribution in [3.63, 3.8) is 0 Å². The number of amides is 1. The van der Waals surface area contributed by atoms with Gasteiger partial charge in [0.2, 0.25) is 5.91 Å². The Hall–Kier alpha value is -0.650. The topological polar surface area (TPSA) is 53.6 Å². The van der Waals surface area contributed by atoms with E-state index in [1.807, 2.05) is 0 Å². The number of hydrogen-bond acceptors (Lipinski definition) is 4. The van der Waals surface area contributed by atoms with Gasteiger partial charge in [-0.1, -0.05) is 6.92 Å². The summed E-state index contributed by atoms with van der Waals surface area (Å²) in [5.74, 6) is 0.138. The predicted octanol–water partition coefficient (Wildman–Crippen LogP) is 0.356. The summed E-state index contributed by atoms with van der Waals surface area (Å²) in [6, 6.07) is 0.430. The van der Waals surface area contributed by atoms with E-state index in [0.29, 0.717) is 12.6 Å². The highest BCUT2D eigenvalue weighted by Gasteiger charge is 2.33. The third-order valence-corrected chi connectivity index (χ3v) is 4.04. The maximum absolute atomic E-state index is 12.2. The Morgan fingerprint density at radius 3 is 3.16 bits per heavy atom. The summed E-state index contributed by atoms with van der Waals surface area (Å²) in [6.07, 6.45) is 4.50. The Kier molecular flexibility index (Phi) is 6.07. The standard InChI is InChI=1S/C14H27N3O2/c1-2-6-16-14(18)13-11-19-10-9-17(13)12-4-3-7-15-8-5-12/h12-13,15H,2-11H2,1H3,(H,16,18). The molecule has 5 nitrogen and oxygen atoms in total. The van der Waals surface area contributed by atoms with Crippen molar-refractivity contribution < 1.29 is 9.53 Å². The number of nitrogens with one attached hydrogen (secondary N) is 2. The van der Waals surface area contributed by atoms with E-state index in [-0.39, 0.29) is 11.9 Å². The molecule has 0 saturated carbocycles. The molecule has 1 amide bonds. The number of morpholine rings is 1. The number of hydrogen-bond donors (Lipinski definition) is 2. The van der Waals surface area contributed by atoms with Gasteiger partial charge in [0.25, 0.3) is 0 Å². The molecule has 2 heterocycles. The second kappa shape index (κ2) is 7.82. The molecule has 0 radical (unpaired) electrons. The molecule has 0 aromatic heterocycles. The zero-order valence-electron chi connectivity index (χ0n) is 12.0. The molecular weight excluding hydrogens is 242 g/mol. The van der Waals surface area contributed by atoms with Crippen molar-refractivity contribution in [1.29, 1.82) is 0 Å². The Morgan fingerprint density at radius 2 is 2.32 bits per heavy atom. The molecule has 2 N–H and O–H groups in total. The number of carbonyl (C=O) groups excluding carboxylic acids is 1. The highest BCUT2D eigenvalue weighted by Crippen LogP contribution is 2.19. The van der Waals surface area contributed by atoms with Crippen LogP contribution in [0.25, 0.3) is 0 Å². The minimum absolute atomic E-state index is 0.0941. The van der Waals surface area contributed by atoms with Crippen LogP contribution < -0.4 is 10.6 Å². The first-order valence-corrected chi connectivity index (χ1v) is 7.65. The summed E-state index contributed by atoms with van der Waals surface area (Å²) in [4.78, 5) is 14.6. The van der Waals surface area contributed by atoms with Crippen molar-refractivity contribution in [3.8, 4) is 0 Å². The quantitative estimate of drug-likeness (QED) is 0.773. The lowest BCUT2D eigenvalue weighted by atomic mass is 10.0. The molecule has 5 heteroatoms. The van der Waals surface area contributed by atoms with Crippen LogP contribution >= 0.6 is 0 Å². The van der Waals surface area contributed by atoms with Crippen LogP contribution in [-0.2, 0) is 9.53 Å². The lowest BCUT2D eigenvalue weighted by Crippen LogP contribution is -2.57. The van der Waals surface area contributed by atoms with Crippen LogP contribution in [0.5, 0.6) is 0 Å². The molecule has 0 aliphatic carbocycles. The largest absolute Gasteiger partial charge is 0.378 e. The van der Waals surface area contributed by atoms with Gasteiger partial charge in [0, 0.05) is 19.1 Å². The number of rotatable bonds is 4. The summed E-state index contributed by atoms with van der Waals surface area (Å²) in [5, 5.41) is 6.45. The highest BCUT2D eigenvalue weighted by molar-refractivity contribution is 5.82. The maximum atomic E-state index is 12.2. The third kappa shape index (κ3) is 4.16. The van der Waals surface area contributed by atoms with E-state index >= 15 is 0 Å². The van der Waals surface area contributed by atoms with Gasteiger partial charge in [-0.2, -0.15) is 0 Å². The Morgan fingerprint density at radius 1 is 1.42 bits per heavy atom. The van der Waals surface area contributed by atoms with E-state index in [1.165, 1.54) is 12.8 Å². The average Bonchev–Trinajstić information content (AvgIpc) is 2.73. The monoisotopic (exact) mass is 269 g/mol. The van der Waals surface area contributed by atoms with Gasteiger partial charge >= 0.3 is 0 Å². The molecule has 2 rings (SSSR count). The van der Waals surface area contributed by atoms with Crippen LogP contribution in [0.2, 0.25) is 0 Å². The van der Waals surface area contributed by atoms with Crippen LogP contribution in [-0.4, -0.2) is 62.3 Å². The van der Waals surface area contributed by atoms with Crippen LogP contribution in [0.15, 0.2) is 0 Å². The fraction of sp³-hybridized carbons (Fsp3) is 0.929. The summed E-state index contributed by atoms with van der Waals surface area (Å²) in [6.45, 7) is 7.18. The molecule has 2 unspecified atom stereocenters. The van der Waals surface area contributed by atoms with E-state index < -0.39 is 0 Å². The molecule has 2 aliphatic rings. The van der Waals surface area contributed by atoms with Crippen LogP contribution in [0, 0.1) is 0 Å². The molecule has 2 saturated heterocycles. The van der Waals surface area contributed by atoms with Crippen molar-refractivity contribution in [2.45, 2.75) is 44.7 Å². The second-order valence-corrected chi connectivity index (χ2v) is 5.45. The Bertz CT molecular complexity index is 278. The minimum Gasteiger partial charge on any atom is -0.378 e. The molecule has 2 atom stereocenters. The van der Waals surface area contributed by atoms with Gasteiger partial charge in [-0.05, 0) is 38.8 Å². The molecule has 0 bridgehead atoms. The Labute approximate surface area is 116 Å². The van der Waals surface area contributed by atoms with Gasteiger partial charge in [0.1, 0.15) is 6.04 Å². The molecule has 0 spiro atoms. The van der Waals surface area contributed by atoms with Crippen molar-refractivity contribution in [1.82, 2.24) is 15.5 Å². The molecule has 0 aromatic rings.